The number of rotatable bonds is 8. The normalized spacial score (nSPS) is 10.8. The molecular formula is C20H21N3O4. The van der Waals surface area contributed by atoms with E-state index in [1.54, 1.807) is 45.4 Å². The van der Waals surface area contributed by atoms with Crippen LogP contribution in [-0.2, 0) is 16.1 Å². The minimum Gasteiger partial charge on any atom is -0.496 e. The molecule has 2 aromatic carbocycles. The van der Waals surface area contributed by atoms with E-state index in [9.17, 15) is 4.79 Å². The molecule has 0 heterocycles. The van der Waals surface area contributed by atoms with Gasteiger partial charge in [0, 0.05) is 12.7 Å². The van der Waals surface area contributed by atoms with E-state index in [1.807, 2.05) is 24.3 Å². The Hall–Kier alpha value is -3.37. The first kappa shape index (κ1) is 19.9. The van der Waals surface area contributed by atoms with Crippen LogP contribution in [-0.4, -0.2) is 32.4 Å². The van der Waals surface area contributed by atoms with Gasteiger partial charge in [-0.2, -0.15) is 10.4 Å². The maximum Gasteiger partial charge on any atom is 0.277 e. The summed E-state index contributed by atoms with van der Waals surface area (Å²) >= 11 is 0. The summed E-state index contributed by atoms with van der Waals surface area (Å²) in [5.74, 6) is 0.849. The van der Waals surface area contributed by atoms with Gasteiger partial charge in [0.2, 0.25) is 0 Å². The third-order valence-corrected chi connectivity index (χ3v) is 3.70. The molecule has 0 atom stereocenters. The molecule has 0 aliphatic rings. The van der Waals surface area contributed by atoms with Crippen molar-refractivity contribution in [2.75, 3.05) is 20.8 Å². The number of hydrazone groups is 1. The third-order valence-electron chi connectivity index (χ3n) is 3.70. The van der Waals surface area contributed by atoms with Gasteiger partial charge in [-0.3, -0.25) is 4.79 Å². The van der Waals surface area contributed by atoms with E-state index in [1.165, 1.54) is 0 Å². The number of carbonyl (C=O) groups is 1. The van der Waals surface area contributed by atoms with Crippen LogP contribution < -0.4 is 14.9 Å². The largest absolute Gasteiger partial charge is 0.496 e. The summed E-state index contributed by atoms with van der Waals surface area (Å²) in [6.45, 7) is 2.02. The SMILES string of the molecule is COCc1cc(/C(C)=N\NC(=O)COc2ccc(C#N)cc2)ccc1OC. The predicted molar refractivity (Wildman–Crippen MR) is 101 cm³/mol. The molecule has 7 heteroatoms. The van der Waals surface area contributed by atoms with Gasteiger partial charge >= 0.3 is 0 Å². The molecule has 140 valence electrons. The number of methoxy groups -OCH3 is 2. The highest BCUT2D eigenvalue weighted by Gasteiger charge is 2.07. The van der Waals surface area contributed by atoms with Crippen molar-refractivity contribution < 1.29 is 19.0 Å². The molecule has 0 radical (unpaired) electrons. The fourth-order valence-electron chi connectivity index (χ4n) is 2.29. The van der Waals surface area contributed by atoms with Gasteiger partial charge in [0.15, 0.2) is 6.61 Å². The van der Waals surface area contributed by atoms with E-state index in [0.717, 1.165) is 16.9 Å². The Morgan fingerprint density at radius 2 is 1.93 bits per heavy atom. The van der Waals surface area contributed by atoms with Crippen LogP contribution in [0.1, 0.15) is 23.6 Å². The van der Waals surface area contributed by atoms with Gasteiger partial charge < -0.3 is 14.2 Å². The highest BCUT2D eigenvalue weighted by atomic mass is 16.5. The van der Waals surface area contributed by atoms with Gasteiger partial charge in [-0.1, -0.05) is 0 Å². The zero-order valence-corrected chi connectivity index (χ0v) is 15.5. The summed E-state index contributed by atoms with van der Waals surface area (Å²) in [6, 6.07) is 14.1. The summed E-state index contributed by atoms with van der Waals surface area (Å²) in [6.07, 6.45) is 0. The molecule has 2 aromatic rings. The molecule has 0 unspecified atom stereocenters. The fourth-order valence-corrected chi connectivity index (χ4v) is 2.29. The zero-order valence-electron chi connectivity index (χ0n) is 15.5. The first-order valence-electron chi connectivity index (χ1n) is 8.19. The number of nitriles is 1. The number of nitrogens with one attached hydrogen (secondary N) is 1. The Morgan fingerprint density at radius 1 is 1.19 bits per heavy atom. The van der Waals surface area contributed by atoms with E-state index >= 15 is 0 Å². The first-order chi connectivity index (χ1) is 13.1. The molecule has 2 rings (SSSR count). The van der Waals surface area contributed by atoms with Gasteiger partial charge in [-0.15, -0.1) is 0 Å². The second-order valence-electron chi connectivity index (χ2n) is 5.62. The lowest BCUT2D eigenvalue weighted by atomic mass is 10.1. The molecule has 0 saturated carbocycles. The predicted octanol–water partition coefficient (Wildman–Crippen LogP) is 2.63. The van der Waals surface area contributed by atoms with Crippen molar-refractivity contribution in [2.45, 2.75) is 13.5 Å². The quantitative estimate of drug-likeness (QED) is 0.572. The molecule has 27 heavy (non-hydrogen) atoms. The van der Waals surface area contributed by atoms with Crippen LogP contribution in [0.25, 0.3) is 0 Å². The molecule has 0 spiro atoms. The number of carbonyl (C=O) groups excluding carboxylic acids is 1. The molecule has 1 N–H and O–H groups in total. The summed E-state index contributed by atoms with van der Waals surface area (Å²) < 4.78 is 15.8. The minimum atomic E-state index is -0.385. The topological polar surface area (TPSA) is 92.9 Å². The molecule has 0 aliphatic heterocycles. The van der Waals surface area contributed by atoms with Gasteiger partial charge in [0.05, 0.1) is 31.1 Å². The number of benzene rings is 2. The number of hydrogen-bond donors (Lipinski definition) is 1. The van der Waals surface area contributed by atoms with Crippen LogP contribution in [0.15, 0.2) is 47.6 Å². The fraction of sp³-hybridized carbons (Fsp3) is 0.250. The average molecular weight is 367 g/mol. The number of ether oxygens (including phenoxy) is 3. The maximum absolute atomic E-state index is 11.9. The van der Waals surface area contributed by atoms with Crippen molar-refractivity contribution >= 4 is 11.6 Å². The highest BCUT2D eigenvalue weighted by molar-refractivity contribution is 5.99. The summed E-state index contributed by atoms with van der Waals surface area (Å²) in [7, 11) is 3.21. The molecule has 0 aromatic heterocycles. The maximum atomic E-state index is 11.9. The van der Waals surface area contributed by atoms with Crippen molar-refractivity contribution in [3.05, 3.63) is 59.2 Å². The van der Waals surface area contributed by atoms with Crippen molar-refractivity contribution in [1.82, 2.24) is 5.43 Å². The standard InChI is InChI=1S/C20H21N3O4/c1-14(16-6-9-19(26-3)17(10-16)12-25-2)22-23-20(24)13-27-18-7-4-15(11-21)5-8-18/h4-10H,12-13H2,1-3H3,(H,23,24)/b22-14-. The number of hydrogen-bond acceptors (Lipinski definition) is 6. The van der Waals surface area contributed by atoms with Crippen molar-refractivity contribution in [3.8, 4) is 17.6 Å². The van der Waals surface area contributed by atoms with Crippen molar-refractivity contribution in [3.63, 3.8) is 0 Å². The lowest BCUT2D eigenvalue weighted by Gasteiger charge is -2.10. The van der Waals surface area contributed by atoms with E-state index < -0.39 is 0 Å². The van der Waals surface area contributed by atoms with Crippen molar-refractivity contribution in [1.29, 1.82) is 5.26 Å². The Bertz CT molecular complexity index is 855. The van der Waals surface area contributed by atoms with Crippen LogP contribution in [0.5, 0.6) is 11.5 Å². The third kappa shape index (κ3) is 5.83. The number of nitrogens with zero attached hydrogens (tertiary/aromatic N) is 2. The molecule has 0 bridgehead atoms. The smallest absolute Gasteiger partial charge is 0.277 e. The minimum absolute atomic E-state index is 0.180. The Balaban J connectivity index is 1.94. The van der Waals surface area contributed by atoms with Crippen LogP contribution in [0.3, 0.4) is 0 Å². The van der Waals surface area contributed by atoms with Crippen LogP contribution in [0, 0.1) is 11.3 Å². The van der Waals surface area contributed by atoms with E-state index in [2.05, 4.69) is 10.5 Å². The Kier molecular flexibility index (Phi) is 7.35. The summed E-state index contributed by atoms with van der Waals surface area (Å²) in [5, 5.41) is 12.9. The number of amides is 1. The average Bonchev–Trinajstić information content (AvgIpc) is 2.71. The van der Waals surface area contributed by atoms with Gasteiger partial charge in [-0.05, 0) is 55.0 Å². The molecule has 7 nitrogen and oxygen atoms in total. The van der Waals surface area contributed by atoms with E-state index in [-0.39, 0.29) is 12.5 Å². The van der Waals surface area contributed by atoms with Gasteiger partial charge in [-0.25, -0.2) is 5.43 Å². The van der Waals surface area contributed by atoms with E-state index in [0.29, 0.717) is 23.6 Å². The molecule has 0 fully saturated rings. The second kappa shape index (κ2) is 9.94. The monoisotopic (exact) mass is 367 g/mol. The molecular weight excluding hydrogens is 346 g/mol. The second-order valence-corrected chi connectivity index (χ2v) is 5.62. The van der Waals surface area contributed by atoms with Crippen molar-refractivity contribution in [2.24, 2.45) is 5.10 Å². The van der Waals surface area contributed by atoms with Crippen LogP contribution in [0.4, 0.5) is 0 Å². The lowest BCUT2D eigenvalue weighted by molar-refractivity contribution is -0.123. The van der Waals surface area contributed by atoms with Crippen LogP contribution in [0.2, 0.25) is 0 Å². The molecule has 1 amide bonds. The highest BCUT2D eigenvalue weighted by Crippen LogP contribution is 2.21. The van der Waals surface area contributed by atoms with Gasteiger partial charge in [0.25, 0.3) is 5.91 Å². The Labute approximate surface area is 158 Å². The first-order valence-corrected chi connectivity index (χ1v) is 8.19. The summed E-state index contributed by atoms with van der Waals surface area (Å²) in [5.41, 5.74) is 5.37. The van der Waals surface area contributed by atoms with Gasteiger partial charge in [0.1, 0.15) is 11.5 Å². The van der Waals surface area contributed by atoms with Crippen LogP contribution >= 0.6 is 0 Å². The molecule has 0 saturated heterocycles. The molecule has 0 aliphatic carbocycles. The lowest BCUT2D eigenvalue weighted by Crippen LogP contribution is -2.25. The zero-order chi connectivity index (χ0) is 19.6. The Morgan fingerprint density at radius 3 is 2.56 bits per heavy atom. The van der Waals surface area contributed by atoms with E-state index in [4.69, 9.17) is 19.5 Å². The summed E-state index contributed by atoms with van der Waals surface area (Å²) in [4.78, 5) is 11.9.